The molecule has 11 heavy (non-hydrogen) atoms. The minimum atomic E-state index is -3.63. The molecule has 0 saturated carbocycles. The van der Waals surface area contributed by atoms with Crippen LogP contribution in [-0.2, 0) is 9.05 Å². The molecule has 0 aliphatic carbocycles. The van der Waals surface area contributed by atoms with Gasteiger partial charge in [-0.3, -0.25) is 0 Å². The summed E-state index contributed by atoms with van der Waals surface area (Å²) in [4.78, 5) is 0.0233. The fourth-order valence-corrected chi connectivity index (χ4v) is 1.39. The lowest BCUT2D eigenvalue weighted by Crippen LogP contribution is -1.88. The number of halogens is 1. The molecule has 60 valence electrons. The summed E-state index contributed by atoms with van der Waals surface area (Å²) in [6.07, 6.45) is 0. The third-order valence-corrected chi connectivity index (χ3v) is 2.51. The van der Waals surface area contributed by atoms with Gasteiger partial charge in [-0.1, -0.05) is 0 Å². The lowest BCUT2D eigenvalue weighted by atomic mass is 10.3. The van der Waals surface area contributed by atoms with Crippen molar-refractivity contribution < 1.29 is 13.5 Å². The van der Waals surface area contributed by atoms with Crippen molar-refractivity contribution >= 4 is 19.7 Å². The predicted molar refractivity (Wildman–Crippen MR) is 42.5 cm³/mol. The maximum atomic E-state index is 10.6. The molecular weight excluding hydrogens is 188 g/mol. The summed E-state index contributed by atoms with van der Waals surface area (Å²) < 4.78 is 21.3. The van der Waals surface area contributed by atoms with E-state index in [2.05, 4.69) is 0 Å². The van der Waals surface area contributed by atoms with Gasteiger partial charge >= 0.3 is 0 Å². The maximum Gasteiger partial charge on any atom is 0.261 e. The van der Waals surface area contributed by atoms with Gasteiger partial charge in [0, 0.05) is 22.8 Å². The van der Waals surface area contributed by atoms with Gasteiger partial charge in [0.15, 0.2) is 0 Å². The Kier molecular flexibility index (Phi) is 2.06. The average molecular weight is 194 g/mol. The van der Waals surface area contributed by atoms with Crippen molar-refractivity contribution in [2.75, 3.05) is 0 Å². The van der Waals surface area contributed by atoms with Gasteiger partial charge in [-0.25, -0.2) is 8.42 Å². The normalized spacial score (nSPS) is 11.4. The molecule has 0 aliphatic rings. The molecule has 0 aliphatic heterocycles. The number of hydrogen-bond donors (Lipinski definition) is 0. The van der Waals surface area contributed by atoms with E-state index in [4.69, 9.17) is 15.8 Å². The highest BCUT2D eigenvalue weighted by Gasteiger charge is 2.08. The summed E-state index contributed by atoms with van der Waals surface area (Å²) in [5.74, 6) is 0.258. The molecule has 2 N–H and O–H groups in total. The van der Waals surface area contributed by atoms with E-state index >= 15 is 0 Å². The quantitative estimate of drug-likeness (QED) is 0.495. The van der Waals surface area contributed by atoms with E-state index in [1.165, 1.54) is 24.3 Å². The van der Waals surface area contributed by atoms with Crippen molar-refractivity contribution in [3.63, 3.8) is 0 Å². The zero-order valence-corrected chi connectivity index (χ0v) is 6.98. The average Bonchev–Trinajstić information content (AvgIpc) is 1.86. The van der Waals surface area contributed by atoms with Crippen molar-refractivity contribution in [2.24, 2.45) is 0 Å². The first-order valence-electron chi connectivity index (χ1n) is 2.76. The lowest BCUT2D eigenvalue weighted by Gasteiger charge is -1.92. The van der Waals surface area contributed by atoms with E-state index in [1.54, 1.807) is 0 Å². The molecule has 5 heteroatoms. The molecule has 0 unspecified atom stereocenters. The molecule has 0 aromatic heterocycles. The number of benzene rings is 1. The summed E-state index contributed by atoms with van der Waals surface area (Å²) in [5.41, 5.74) is 0. The van der Waals surface area contributed by atoms with E-state index in [0.717, 1.165) is 0 Å². The first-order valence-corrected chi connectivity index (χ1v) is 5.07. The Bertz CT molecular complexity index is 341. The summed E-state index contributed by atoms with van der Waals surface area (Å²) in [5, 5.41) is 7.06. The molecule has 1 aromatic carbocycles. The molecule has 0 heterocycles. The minimum Gasteiger partial charge on any atom is -0.593 e. The van der Waals surface area contributed by atoms with Gasteiger partial charge in [-0.05, 0) is 12.1 Å². The molecule has 0 fully saturated rings. The summed E-state index contributed by atoms with van der Waals surface area (Å²) in [7, 11) is 1.39. The van der Waals surface area contributed by atoms with E-state index < -0.39 is 9.05 Å². The van der Waals surface area contributed by atoms with Gasteiger partial charge in [-0.2, -0.15) is 0 Å². The Morgan fingerprint density at radius 3 is 2.00 bits per heavy atom. The summed E-state index contributed by atoms with van der Waals surface area (Å²) >= 11 is 0. The standard InChI is InChI=1S/C6H5ClO3S/c7-11(9,10)6-3-1-5(8)2-4-6/h1-4,8H/p+1. The monoisotopic (exact) mass is 193 g/mol. The Morgan fingerprint density at radius 2 is 1.64 bits per heavy atom. The maximum absolute atomic E-state index is 10.6. The van der Waals surface area contributed by atoms with E-state index in [0.29, 0.717) is 0 Å². The van der Waals surface area contributed by atoms with Crippen LogP contribution >= 0.6 is 10.7 Å². The summed E-state index contributed by atoms with van der Waals surface area (Å²) in [6.45, 7) is 0. The largest absolute Gasteiger partial charge is 0.593 e. The third-order valence-electron chi connectivity index (χ3n) is 1.14. The second-order valence-corrected chi connectivity index (χ2v) is 4.53. The second-order valence-electron chi connectivity index (χ2n) is 1.96. The van der Waals surface area contributed by atoms with Crippen LogP contribution in [0.1, 0.15) is 0 Å². The molecule has 1 rings (SSSR count). The minimum absolute atomic E-state index is 0.0233. The van der Waals surface area contributed by atoms with Crippen LogP contribution in [0.15, 0.2) is 29.2 Å². The van der Waals surface area contributed by atoms with Crippen molar-refractivity contribution in [1.29, 1.82) is 0 Å². The predicted octanol–water partition coefficient (Wildman–Crippen LogP) is 1.05. The molecule has 0 saturated heterocycles. The van der Waals surface area contributed by atoms with Gasteiger partial charge < -0.3 is 5.11 Å². The fourth-order valence-electron chi connectivity index (χ4n) is 0.617. The third kappa shape index (κ3) is 2.10. The lowest BCUT2D eigenvalue weighted by molar-refractivity contribution is 0.475. The van der Waals surface area contributed by atoms with Crippen LogP contribution in [0.3, 0.4) is 0 Å². The fraction of sp³-hybridized carbons (Fsp3) is 0. The molecule has 0 radical (unpaired) electrons. The van der Waals surface area contributed by atoms with Gasteiger partial charge in [0.2, 0.25) is 0 Å². The first-order chi connectivity index (χ1) is 5.00. The highest BCUT2D eigenvalue weighted by atomic mass is 35.7. The van der Waals surface area contributed by atoms with Gasteiger partial charge in [0.25, 0.3) is 14.8 Å². The van der Waals surface area contributed by atoms with Crippen LogP contribution < -0.4 is 0 Å². The number of hydrogen-bond acceptors (Lipinski definition) is 2. The van der Waals surface area contributed by atoms with Crippen molar-refractivity contribution in [3.8, 4) is 5.75 Å². The highest BCUT2D eigenvalue weighted by Crippen LogP contribution is 2.17. The van der Waals surface area contributed by atoms with Crippen LogP contribution in [0.4, 0.5) is 0 Å². The molecular formula is C6H6ClO3S+. The molecule has 0 bridgehead atoms. The Labute approximate surface area is 68.7 Å². The second kappa shape index (κ2) is 2.71. The smallest absolute Gasteiger partial charge is 0.261 e. The van der Waals surface area contributed by atoms with E-state index in [1.807, 2.05) is 0 Å². The van der Waals surface area contributed by atoms with Crippen LogP contribution in [0.5, 0.6) is 5.75 Å². The van der Waals surface area contributed by atoms with Crippen LogP contribution in [0.2, 0.25) is 0 Å². The summed E-state index contributed by atoms with van der Waals surface area (Å²) in [6, 6.07) is 5.33. The molecule has 0 spiro atoms. The molecule has 1 aromatic rings. The molecule has 3 nitrogen and oxygen atoms in total. The zero-order valence-electron chi connectivity index (χ0n) is 5.41. The first kappa shape index (κ1) is 8.36. The van der Waals surface area contributed by atoms with Crippen molar-refractivity contribution in [2.45, 2.75) is 4.90 Å². The van der Waals surface area contributed by atoms with Crippen molar-refractivity contribution in [1.82, 2.24) is 0 Å². The Morgan fingerprint density at radius 1 is 1.18 bits per heavy atom. The Balaban J connectivity index is 3.20. The SMILES string of the molecule is O=S(=O)(Cl)c1ccc([OH2+])cc1. The highest BCUT2D eigenvalue weighted by molar-refractivity contribution is 8.13. The molecule has 0 amide bonds. The Hall–Kier alpha value is -0.740. The van der Waals surface area contributed by atoms with E-state index in [9.17, 15) is 8.42 Å². The van der Waals surface area contributed by atoms with Gasteiger partial charge in [-0.15, -0.1) is 0 Å². The van der Waals surface area contributed by atoms with Crippen LogP contribution in [0, 0.1) is 0 Å². The van der Waals surface area contributed by atoms with Gasteiger partial charge in [0.05, 0.1) is 4.90 Å². The van der Waals surface area contributed by atoms with Crippen molar-refractivity contribution in [3.05, 3.63) is 24.3 Å². The number of rotatable bonds is 1. The zero-order chi connectivity index (χ0) is 8.48. The van der Waals surface area contributed by atoms with Gasteiger partial charge in [0.1, 0.15) is 0 Å². The van der Waals surface area contributed by atoms with Crippen LogP contribution in [-0.4, -0.2) is 13.5 Å². The topological polar surface area (TPSA) is 57.0 Å². The van der Waals surface area contributed by atoms with E-state index in [-0.39, 0.29) is 10.6 Å². The molecule has 0 atom stereocenters. The van der Waals surface area contributed by atoms with Crippen LogP contribution in [0.25, 0.3) is 0 Å².